The lowest BCUT2D eigenvalue weighted by Crippen LogP contribution is -2.38. The Hall–Kier alpha value is -4.12. The van der Waals surface area contributed by atoms with Gasteiger partial charge in [0.25, 0.3) is 11.5 Å². The average molecular weight is 487 g/mol. The molecular weight excluding hydrogens is 464 g/mol. The number of pyridine rings is 1. The minimum atomic E-state index is -0.265. The lowest BCUT2D eigenvalue weighted by atomic mass is 9.97. The summed E-state index contributed by atoms with van der Waals surface area (Å²) in [5.41, 5.74) is 3.36. The minimum absolute atomic E-state index is 0.0618. The number of H-pyrrole nitrogens is 1. The fourth-order valence-electron chi connectivity index (χ4n) is 4.49. The zero-order valence-electron chi connectivity index (χ0n) is 19.0. The first kappa shape index (κ1) is 21.4. The highest BCUT2D eigenvalue weighted by Crippen LogP contribution is 2.33. The Labute approximate surface area is 203 Å². The van der Waals surface area contributed by atoms with Gasteiger partial charge in [0.2, 0.25) is 5.95 Å². The molecule has 5 aromatic heterocycles. The van der Waals surface area contributed by atoms with Gasteiger partial charge in [-0.05, 0) is 44.0 Å². The highest BCUT2D eigenvalue weighted by molar-refractivity contribution is 7.10. The average Bonchev–Trinajstić information content (AvgIpc) is 3.64. The van der Waals surface area contributed by atoms with E-state index < -0.39 is 0 Å². The fraction of sp³-hybridized carbons (Fsp3) is 0.250. The number of hydrogen-bond acceptors (Lipinski definition) is 7. The zero-order chi connectivity index (χ0) is 23.9. The summed E-state index contributed by atoms with van der Waals surface area (Å²) in [6, 6.07) is 7.37. The van der Waals surface area contributed by atoms with Crippen molar-refractivity contribution in [1.29, 1.82) is 0 Å². The standard InChI is InChI=1S/C24H22N8O2S/c1-15-18(13-26-32(15)24-28-21(33)20-3-2-10-31(20)29-24)23(34)30-11-6-17(7-12-30)22-27-19(14-35-22)16-4-8-25-9-5-16/h2-5,8-10,13-14,17H,6-7,11-12H2,1H3,(H,28,29,33). The molecule has 1 aliphatic heterocycles. The maximum atomic E-state index is 13.3. The van der Waals surface area contributed by atoms with E-state index in [4.69, 9.17) is 4.98 Å². The van der Waals surface area contributed by atoms with Crippen LogP contribution in [0.3, 0.4) is 0 Å². The molecule has 11 heteroatoms. The first-order valence-corrected chi connectivity index (χ1v) is 12.2. The summed E-state index contributed by atoms with van der Waals surface area (Å²) in [6.07, 6.45) is 8.52. The van der Waals surface area contributed by atoms with E-state index in [0.717, 1.165) is 29.1 Å². The lowest BCUT2D eigenvalue weighted by Gasteiger charge is -2.31. The van der Waals surface area contributed by atoms with Crippen LogP contribution in [0.15, 0.2) is 59.2 Å². The molecule has 1 N–H and O–H groups in total. The van der Waals surface area contributed by atoms with Gasteiger partial charge in [-0.15, -0.1) is 16.4 Å². The molecule has 6 heterocycles. The van der Waals surface area contributed by atoms with Crippen molar-refractivity contribution in [3.05, 3.63) is 81.1 Å². The summed E-state index contributed by atoms with van der Waals surface area (Å²) >= 11 is 1.68. The van der Waals surface area contributed by atoms with Crippen LogP contribution in [0.25, 0.3) is 22.7 Å². The Morgan fingerprint density at radius 3 is 2.77 bits per heavy atom. The number of carbonyl (C=O) groups is 1. The maximum Gasteiger partial charge on any atom is 0.276 e. The molecule has 0 atom stereocenters. The summed E-state index contributed by atoms with van der Waals surface area (Å²) in [6.45, 7) is 3.12. The third kappa shape index (κ3) is 3.83. The molecule has 35 heavy (non-hydrogen) atoms. The van der Waals surface area contributed by atoms with E-state index in [1.807, 2.05) is 24.0 Å². The number of aromatic amines is 1. The van der Waals surface area contributed by atoms with Crippen LogP contribution in [0.2, 0.25) is 0 Å². The number of nitrogens with one attached hydrogen (secondary N) is 1. The Balaban J connectivity index is 1.16. The van der Waals surface area contributed by atoms with Gasteiger partial charge < -0.3 is 4.90 Å². The zero-order valence-corrected chi connectivity index (χ0v) is 19.8. The van der Waals surface area contributed by atoms with Gasteiger partial charge in [-0.25, -0.2) is 14.2 Å². The number of piperidine rings is 1. The second kappa shape index (κ2) is 8.58. The molecule has 176 valence electrons. The monoisotopic (exact) mass is 486 g/mol. The highest BCUT2D eigenvalue weighted by Gasteiger charge is 2.28. The molecule has 0 aromatic carbocycles. The van der Waals surface area contributed by atoms with Crippen molar-refractivity contribution >= 4 is 22.8 Å². The number of thiazole rings is 1. The van der Waals surface area contributed by atoms with Crippen molar-refractivity contribution in [3.8, 4) is 17.2 Å². The number of nitrogens with zero attached hydrogens (tertiary/aromatic N) is 7. The van der Waals surface area contributed by atoms with Gasteiger partial charge in [0.05, 0.1) is 28.2 Å². The van der Waals surface area contributed by atoms with Crippen molar-refractivity contribution in [3.63, 3.8) is 0 Å². The summed E-state index contributed by atoms with van der Waals surface area (Å²) < 4.78 is 3.00. The van der Waals surface area contributed by atoms with Crippen LogP contribution >= 0.6 is 11.3 Å². The van der Waals surface area contributed by atoms with Gasteiger partial charge in [-0.2, -0.15) is 5.10 Å². The normalized spacial score (nSPS) is 14.6. The van der Waals surface area contributed by atoms with Gasteiger partial charge >= 0.3 is 0 Å². The van der Waals surface area contributed by atoms with E-state index in [2.05, 4.69) is 25.5 Å². The number of likely N-dealkylation sites (tertiary alicyclic amines) is 1. The largest absolute Gasteiger partial charge is 0.338 e. The van der Waals surface area contributed by atoms with Crippen molar-refractivity contribution in [1.82, 2.24) is 39.2 Å². The molecule has 0 spiro atoms. The third-order valence-electron chi connectivity index (χ3n) is 6.46. The molecule has 0 aliphatic carbocycles. The SMILES string of the molecule is Cc1c(C(=O)N2CCC(c3nc(-c4ccncc4)cs3)CC2)cnn1-c1nn2cccc2c(=O)[nH]1. The summed E-state index contributed by atoms with van der Waals surface area (Å²) in [4.78, 5) is 39.1. The molecule has 0 unspecified atom stereocenters. The van der Waals surface area contributed by atoms with Crippen molar-refractivity contribution in [2.45, 2.75) is 25.7 Å². The molecule has 1 amide bonds. The van der Waals surface area contributed by atoms with Crippen molar-refractivity contribution in [2.24, 2.45) is 0 Å². The number of aromatic nitrogens is 7. The Morgan fingerprint density at radius 2 is 1.97 bits per heavy atom. The van der Waals surface area contributed by atoms with Crippen molar-refractivity contribution in [2.75, 3.05) is 13.1 Å². The van der Waals surface area contributed by atoms with Gasteiger partial charge in [0, 0.05) is 48.5 Å². The Bertz CT molecular complexity index is 1570. The van der Waals surface area contributed by atoms with E-state index in [1.54, 1.807) is 48.3 Å². The summed E-state index contributed by atoms with van der Waals surface area (Å²) in [5, 5.41) is 11.9. The van der Waals surface area contributed by atoms with E-state index in [1.165, 1.54) is 9.20 Å². The van der Waals surface area contributed by atoms with Crippen LogP contribution in [0, 0.1) is 6.92 Å². The molecule has 5 aromatic rings. The van der Waals surface area contributed by atoms with Gasteiger partial charge in [-0.1, -0.05) is 0 Å². The lowest BCUT2D eigenvalue weighted by molar-refractivity contribution is 0.0712. The van der Waals surface area contributed by atoms with Crippen LogP contribution < -0.4 is 5.56 Å². The van der Waals surface area contributed by atoms with E-state index in [9.17, 15) is 9.59 Å². The van der Waals surface area contributed by atoms with Gasteiger partial charge in [0.1, 0.15) is 5.52 Å². The van der Waals surface area contributed by atoms with Crippen LogP contribution in [0.4, 0.5) is 0 Å². The predicted molar refractivity (Wildman–Crippen MR) is 131 cm³/mol. The molecule has 1 aliphatic rings. The quantitative estimate of drug-likeness (QED) is 0.418. The molecule has 0 saturated carbocycles. The molecule has 1 saturated heterocycles. The maximum absolute atomic E-state index is 13.3. The second-order valence-electron chi connectivity index (χ2n) is 8.54. The predicted octanol–water partition coefficient (Wildman–Crippen LogP) is 3.06. The fourth-order valence-corrected chi connectivity index (χ4v) is 5.49. The molecule has 10 nitrogen and oxygen atoms in total. The van der Waals surface area contributed by atoms with E-state index in [0.29, 0.717) is 35.8 Å². The molecule has 0 bridgehead atoms. The number of rotatable bonds is 4. The van der Waals surface area contributed by atoms with Crippen LogP contribution in [0.5, 0.6) is 0 Å². The smallest absolute Gasteiger partial charge is 0.276 e. The highest BCUT2D eigenvalue weighted by atomic mass is 32.1. The molecule has 6 rings (SSSR count). The van der Waals surface area contributed by atoms with Gasteiger partial charge in [-0.3, -0.25) is 19.6 Å². The number of hydrogen-bond donors (Lipinski definition) is 1. The first-order valence-electron chi connectivity index (χ1n) is 11.4. The topological polar surface area (TPSA) is 114 Å². The molecule has 0 radical (unpaired) electrons. The van der Waals surface area contributed by atoms with Crippen LogP contribution in [0.1, 0.15) is 39.8 Å². The number of fused-ring (bicyclic) bond motifs is 1. The van der Waals surface area contributed by atoms with Crippen LogP contribution in [-0.4, -0.2) is 58.2 Å². The number of amides is 1. The molecule has 1 fully saturated rings. The summed E-state index contributed by atoms with van der Waals surface area (Å²) in [7, 11) is 0. The molecular formula is C24H22N8O2S. The minimum Gasteiger partial charge on any atom is -0.338 e. The van der Waals surface area contributed by atoms with Crippen molar-refractivity contribution < 1.29 is 4.79 Å². The first-order chi connectivity index (χ1) is 17.1. The Kier molecular flexibility index (Phi) is 5.25. The third-order valence-corrected chi connectivity index (χ3v) is 7.47. The van der Waals surface area contributed by atoms with Crippen LogP contribution in [-0.2, 0) is 0 Å². The Morgan fingerprint density at radius 1 is 1.17 bits per heavy atom. The number of carbonyl (C=O) groups excluding carboxylic acids is 1. The van der Waals surface area contributed by atoms with E-state index >= 15 is 0 Å². The second-order valence-corrected chi connectivity index (χ2v) is 9.43. The van der Waals surface area contributed by atoms with E-state index in [-0.39, 0.29) is 17.4 Å². The van der Waals surface area contributed by atoms with Gasteiger partial charge in [0.15, 0.2) is 0 Å². The summed E-state index contributed by atoms with van der Waals surface area (Å²) in [5.74, 6) is 0.543.